The van der Waals surface area contributed by atoms with E-state index in [2.05, 4.69) is 26.2 Å². The summed E-state index contributed by atoms with van der Waals surface area (Å²) in [5.41, 5.74) is 0.00921. The number of rotatable bonds is 4. The van der Waals surface area contributed by atoms with Crippen LogP contribution in [0.1, 0.15) is 58.4 Å². The molecule has 3 rings (SSSR count). The van der Waals surface area contributed by atoms with Crippen molar-refractivity contribution in [3.63, 3.8) is 0 Å². The summed E-state index contributed by atoms with van der Waals surface area (Å²) in [5, 5.41) is 3.69. The SMILES string of the molecule is CC(C)(C)OC(=O)COC1(c2cccnc2Br)CC2CCCC(C1)N2. The van der Waals surface area contributed by atoms with Crippen molar-refractivity contribution < 1.29 is 14.3 Å². The van der Waals surface area contributed by atoms with Gasteiger partial charge < -0.3 is 14.8 Å². The molecular weight excluding hydrogens is 384 g/mol. The minimum Gasteiger partial charge on any atom is -0.458 e. The zero-order valence-electron chi connectivity index (χ0n) is 15.2. The van der Waals surface area contributed by atoms with Gasteiger partial charge in [0.1, 0.15) is 16.8 Å². The molecule has 0 aliphatic carbocycles. The molecule has 0 amide bonds. The summed E-state index contributed by atoms with van der Waals surface area (Å²) < 4.78 is 12.5. The van der Waals surface area contributed by atoms with E-state index < -0.39 is 11.2 Å². The molecule has 2 fully saturated rings. The number of aromatic nitrogens is 1. The number of nitrogens with one attached hydrogen (secondary N) is 1. The van der Waals surface area contributed by atoms with Crippen LogP contribution < -0.4 is 5.32 Å². The fourth-order valence-corrected chi connectivity index (χ4v) is 4.63. The van der Waals surface area contributed by atoms with Crippen molar-refractivity contribution in [2.75, 3.05) is 6.61 Å². The van der Waals surface area contributed by atoms with Gasteiger partial charge in [0.2, 0.25) is 0 Å². The van der Waals surface area contributed by atoms with E-state index in [1.54, 1.807) is 6.20 Å². The number of pyridine rings is 1. The van der Waals surface area contributed by atoms with E-state index in [4.69, 9.17) is 9.47 Å². The van der Waals surface area contributed by atoms with Crippen LogP contribution >= 0.6 is 15.9 Å². The van der Waals surface area contributed by atoms with Crippen LogP contribution in [0.25, 0.3) is 0 Å². The predicted molar refractivity (Wildman–Crippen MR) is 99.2 cm³/mol. The number of carbonyl (C=O) groups is 1. The van der Waals surface area contributed by atoms with Crippen LogP contribution in [0.5, 0.6) is 0 Å². The van der Waals surface area contributed by atoms with Gasteiger partial charge in [0.25, 0.3) is 0 Å². The van der Waals surface area contributed by atoms with Crippen LogP contribution in [-0.2, 0) is 19.9 Å². The molecule has 0 radical (unpaired) electrons. The fraction of sp³-hybridized carbons (Fsp3) is 0.684. The molecule has 2 aliphatic heterocycles. The van der Waals surface area contributed by atoms with Gasteiger partial charge in [0.15, 0.2) is 0 Å². The third kappa shape index (κ3) is 4.60. The lowest BCUT2D eigenvalue weighted by Crippen LogP contribution is -2.55. The number of halogens is 1. The van der Waals surface area contributed by atoms with Crippen molar-refractivity contribution in [2.45, 2.75) is 76.2 Å². The van der Waals surface area contributed by atoms with Crippen LogP contribution in [0.15, 0.2) is 22.9 Å². The van der Waals surface area contributed by atoms with Crippen molar-refractivity contribution in [2.24, 2.45) is 0 Å². The second-order valence-corrected chi connectivity index (χ2v) is 8.86. The van der Waals surface area contributed by atoms with Gasteiger partial charge in [-0.05, 0) is 68.5 Å². The predicted octanol–water partition coefficient (Wildman–Crippen LogP) is 3.70. The quantitative estimate of drug-likeness (QED) is 0.605. The Morgan fingerprint density at radius 2 is 2.04 bits per heavy atom. The first kappa shape index (κ1) is 18.8. The van der Waals surface area contributed by atoms with Gasteiger partial charge in [0, 0.05) is 23.8 Å². The van der Waals surface area contributed by atoms with Crippen molar-refractivity contribution in [1.82, 2.24) is 10.3 Å². The Bertz CT molecular complexity index is 617. The van der Waals surface area contributed by atoms with Crippen molar-refractivity contribution in [3.05, 3.63) is 28.5 Å². The third-order valence-electron chi connectivity index (χ3n) is 4.87. The van der Waals surface area contributed by atoms with E-state index >= 15 is 0 Å². The summed E-state index contributed by atoms with van der Waals surface area (Å²) in [6, 6.07) is 4.81. The third-order valence-corrected chi connectivity index (χ3v) is 5.50. The zero-order valence-corrected chi connectivity index (χ0v) is 16.8. The highest BCUT2D eigenvalue weighted by atomic mass is 79.9. The Balaban J connectivity index is 1.83. The van der Waals surface area contributed by atoms with Gasteiger partial charge in [0.05, 0.1) is 5.60 Å². The number of carbonyl (C=O) groups excluding carboxylic acids is 1. The Morgan fingerprint density at radius 1 is 1.36 bits per heavy atom. The van der Waals surface area contributed by atoms with E-state index in [9.17, 15) is 4.79 Å². The molecule has 6 heteroatoms. The summed E-state index contributed by atoms with van der Waals surface area (Å²) in [6.45, 7) is 5.56. The van der Waals surface area contributed by atoms with Crippen LogP contribution in [0.3, 0.4) is 0 Å². The summed E-state index contributed by atoms with van der Waals surface area (Å²) in [6.07, 6.45) is 6.99. The Morgan fingerprint density at radius 3 is 2.64 bits per heavy atom. The lowest BCUT2D eigenvalue weighted by Gasteiger charge is -2.48. The molecule has 2 saturated heterocycles. The Hall–Kier alpha value is -0.980. The fourth-order valence-electron chi connectivity index (χ4n) is 4.02. The van der Waals surface area contributed by atoms with Gasteiger partial charge in [-0.1, -0.05) is 12.5 Å². The maximum atomic E-state index is 12.2. The van der Waals surface area contributed by atoms with Gasteiger partial charge in [-0.25, -0.2) is 9.78 Å². The smallest absolute Gasteiger partial charge is 0.332 e. The number of hydrogen-bond donors (Lipinski definition) is 1. The van der Waals surface area contributed by atoms with Crippen LogP contribution in [0.4, 0.5) is 0 Å². The number of nitrogens with zero attached hydrogens (tertiary/aromatic N) is 1. The van der Waals surface area contributed by atoms with Crippen LogP contribution in [-0.4, -0.2) is 35.2 Å². The van der Waals surface area contributed by atoms with Crippen molar-refractivity contribution in [1.29, 1.82) is 0 Å². The van der Waals surface area contributed by atoms with E-state index in [0.29, 0.717) is 12.1 Å². The average Bonchev–Trinajstić information content (AvgIpc) is 2.51. The topological polar surface area (TPSA) is 60.5 Å². The Kier molecular flexibility index (Phi) is 5.51. The molecule has 1 N–H and O–H groups in total. The van der Waals surface area contributed by atoms with Crippen LogP contribution in [0, 0.1) is 0 Å². The van der Waals surface area contributed by atoms with Crippen molar-refractivity contribution >= 4 is 21.9 Å². The van der Waals surface area contributed by atoms with Gasteiger partial charge in [-0.2, -0.15) is 0 Å². The highest BCUT2D eigenvalue weighted by Crippen LogP contribution is 2.44. The van der Waals surface area contributed by atoms with Gasteiger partial charge in [-0.15, -0.1) is 0 Å². The van der Waals surface area contributed by atoms with Crippen molar-refractivity contribution in [3.8, 4) is 0 Å². The standard InChI is InChI=1S/C19H27BrN2O3/c1-18(2,3)25-16(23)12-24-19(15-8-5-9-21-17(15)20)10-13-6-4-7-14(11-19)22-13/h5,8-9,13-14,22H,4,6-7,10-12H2,1-3H3. The second kappa shape index (κ2) is 7.33. The van der Waals surface area contributed by atoms with E-state index in [0.717, 1.165) is 35.8 Å². The molecule has 2 bridgehead atoms. The normalized spacial score (nSPS) is 29.3. The van der Waals surface area contributed by atoms with E-state index in [1.165, 1.54) is 6.42 Å². The summed E-state index contributed by atoms with van der Waals surface area (Å²) in [4.78, 5) is 16.6. The second-order valence-electron chi connectivity index (χ2n) is 8.11. The number of esters is 1. The molecule has 2 aliphatic rings. The molecule has 1 aromatic rings. The molecule has 1 aromatic heterocycles. The van der Waals surface area contributed by atoms with Gasteiger partial charge >= 0.3 is 5.97 Å². The number of hydrogen-bond acceptors (Lipinski definition) is 5. The highest BCUT2D eigenvalue weighted by molar-refractivity contribution is 9.10. The molecule has 138 valence electrons. The highest BCUT2D eigenvalue weighted by Gasteiger charge is 2.45. The first-order chi connectivity index (χ1) is 11.8. The molecule has 5 nitrogen and oxygen atoms in total. The Labute approximate surface area is 158 Å². The van der Waals surface area contributed by atoms with E-state index in [-0.39, 0.29) is 12.6 Å². The first-order valence-electron chi connectivity index (χ1n) is 9.00. The molecule has 0 aromatic carbocycles. The number of piperidine rings is 2. The lowest BCUT2D eigenvalue weighted by atomic mass is 9.74. The minimum absolute atomic E-state index is 0.0436. The molecule has 0 saturated carbocycles. The molecule has 2 atom stereocenters. The molecule has 25 heavy (non-hydrogen) atoms. The maximum Gasteiger partial charge on any atom is 0.332 e. The van der Waals surface area contributed by atoms with E-state index in [1.807, 2.05) is 32.9 Å². The summed E-state index contributed by atoms with van der Waals surface area (Å²) >= 11 is 3.58. The zero-order chi connectivity index (χ0) is 18.1. The molecular formula is C19H27BrN2O3. The summed E-state index contributed by atoms with van der Waals surface area (Å²) in [5.74, 6) is -0.324. The molecule has 0 spiro atoms. The average molecular weight is 411 g/mol. The largest absolute Gasteiger partial charge is 0.458 e. The lowest BCUT2D eigenvalue weighted by molar-refractivity contribution is -0.172. The van der Waals surface area contributed by atoms with Crippen LogP contribution in [0.2, 0.25) is 0 Å². The molecule has 2 unspecified atom stereocenters. The minimum atomic E-state index is -0.509. The molecule has 3 heterocycles. The van der Waals surface area contributed by atoms with Gasteiger partial charge in [-0.3, -0.25) is 0 Å². The summed E-state index contributed by atoms with van der Waals surface area (Å²) in [7, 11) is 0. The number of fused-ring (bicyclic) bond motifs is 2. The maximum absolute atomic E-state index is 12.2. The number of ether oxygens (including phenoxy) is 2. The first-order valence-corrected chi connectivity index (χ1v) is 9.80. The monoisotopic (exact) mass is 410 g/mol.